The Morgan fingerprint density at radius 3 is 2.54 bits per heavy atom. The number of fused-ring (bicyclic) bond motifs is 1. The number of halogens is 1. The van der Waals surface area contributed by atoms with E-state index < -0.39 is 21.5 Å². The molecule has 0 bridgehead atoms. The van der Waals surface area contributed by atoms with Crippen LogP contribution in [0.25, 0.3) is 11.0 Å². The van der Waals surface area contributed by atoms with Crippen LogP contribution in [0, 0.1) is 5.82 Å². The lowest BCUT2D eigenvalue weighted by atomic mass is 10.1. The Hall–Kier alpha value is -3.00. The summed E-state index contributed by atoms with van der Waals surface area (Å²) in [5.41, 5.74) is 0.584. The Bertz CT molecular complexity index is 1070. The van der Waals surface area contributed by atoms with Crippen molar-refractivity contribution < 1.29 is 17.2 Å². The molecule has 0 aliphatic carbocycles. The van der Waals surface area contributed by atoms with E-state index >= 15 is 0 Å². The summed E-state index contributed by atoms with van der Waals surface area (Å²) in [5, 5.41) is 4.37. The minimum Gasteiger partial charge on any atom is -0.423 e. The highest BCUT2D eigenvalue weighted by atomic mass is 32.2. The minimum absolute atomic E-state index is 0.0960. The molecule has 3 aromatic rings. The molecule has 0 spiro atoms. The molecule has 0 aliphatic heterocycles. The highest BCUT2D eigenvalue weighted by Crippen LogP contribution is 2.13. The molecule has 3 rings (SSSR count). The fourth-order valence-electron chi connectivity index (χ4n) is 2.01. The van der Waals surface area contributed by atoms with Crippen LogP contribution in [-0.2, 0) is 10.0 Å². The van der Waals surface area contributed by atoms with Crippen molar-refractivity contribution in [2.75, 3.05) is 0 Å². The molecule has 6 nitrogen and oxygen atoms in total. The van der Waals surface area contributed by atoms with Gasteiger partial charge in [0.25, 0.3) is 10.0 Å². The molecule has 0 unspecified atom stereocenters. The van der Waals surface area contributed by atoms with Crippen molar-refractivity contribution in [3.63, 3.8) is 0 Å². The number of nitrogens with one attached hydrogen (secondary N) is 1. The Morgan fingerprint density at radius 2 is 1.79 bits per heavy atom. The van der Waals surface area contributed by atoms with Crippen LogP contribution in [0.5, 0.6) is 0 Å². The number of nitrogens with zero attached hydrogens (tertiary/aromatic N) is 1. The van der Waals surface area contributed by atoms with Gasteiger partial charge in [0, 0.05) is 11.5 Å². The van der Waals surface area contributed by atoms with E-state index in [1.54, 1.807) is 24.3 Å². The number of hydrogen-bond acceptors (Lipinski definition) is 5. The fourth-order valence-corrected chi connectivity index (χ4v) is 2.80. The minimum atomic E-state index is -3.87. The molecule has 1 heterocycles. The first kappa shape index (κ1) is 15.9. The summed E-state index contributed by atoms with van der Waals surface area (Å²) in [5.74, 6) is -0.528. The predicted octanol–water partition coefficient (Wildman–Crippen LogP) is 2.24. The third-order valence-corrected chi connectivity index (χ3v) is 4.39. The quantitative estimate of drug-likeness (QED) is 0.446. The van der Waals surface area contributed by atoms with Gasteiger partial charge in [0.1, 0.15) is 11.4 Å². The zero-order valence-corrected chi connectivity index (χ0v) is 13.0. The maximum absolute atomic E-state index is 12.8. The van der Waals surface area contributed by atoms with Gasteiger partial charge in [0.15, 0.2) is 0 Å². The predicted molar refractivity (Wildman–Crippen MR) is 86.8 cm³/mol. The van der Waals surface area contributed by atoms with Crippen LogP contribution < -0.4 is 10.5 Å². The van der Waals surface area contributed by atoms with Crippen molar-refractivity contribution in [2.45, 2.75) is 4.90 Å². The molecule has 0 aliphatic rings. The Kier molecular flexibility index (Phi) is 4.13. The molecule has 1 aromatic heterocycles. The number of sulfonamides is 1. The molecule has 0 saturated heterocycles. The lowest BCUT2D eigenvalue weighted by molar-refractivity contribution is 0.561. The fraction of sp³-hybridized carbons (Fsp3) is 0. The molecule has 122 valence electrons. The standard InChI is InChI=1S/C16H11FN2O4S/c17-13-3-5-14(6-4-13)24(21,22)19-18-10-11-1-7-15-12(9-11)2-8-16(20)23-15/h1-10,19H/b18-10+. The normalized spacial score (nSPS) is 11.9. The average Bonchev–Trinajstić information content (AvgIpc) is 2.55. The molecule has 0 amide bonds. The average molecular weight is 346 g/mol. The van der Waals surface area contributed by atoms with Crippen LogP contribution in [0.3, 0.4) is 0 Å². The maximum atomic E-state index is 12.8. The van der Waals surface area contributed by atoms with Crippen molar-refractivity contribution in [1.82, 2.24) is 4.83 Å². The Balaban J connectivity index is 1.79. The first-order valence-corrected chi connectivity index (χ1v) is 8.27. The number of hydrogen-bond donors (Lipinski definition) is 1. The SMILES string of the molecule is O=c1ccc2cc(/C=N/NS(=O)(=O)c3ccc(F)cc3)ccc2o1. The van der Waals surface area contributed by atoms with E-state index in [-0.39, 0.29) is 4.90 Å². The second-order valence-electron chi connectivity index (χ2n) is 4.86. The van der Waals surface area contributed by atoms with Gasteiger partial charge in [-0.05, 0) is 54.1 Å². The van der Waals surface area contributed by atoms with Crippen molar-refractivity contribution in [2.24, 2.45) is 5.10 Å². The second kappa shape index (κ2) is 6.25. The van der Waals surface area contributed by atoms with Crippen LogP contribution in [0.1, 0.15) is 5.56 Å². The van der Waals surface area contributed by atoms with E-state index in [9.17, 15) is 17.6 Å². The molecular weight excluding hydrogens is 335 g/mol. The second-order valence-corrected chi connectivity index (χ2v) is 6.52. The van der Waals surface area contributed by atoms with E-state index in [0.717, 1.165) is 24.3 Å². The summed E-state index contributed by atoms with van der Waals surface area (Å²) in [6, 6.07) is 12.2. The molecule has 0 fully saturated rings. The monoisotopic (exact) mass is 346 g/mol. The summed E-state index contributed by atoms with van der Waals surface area (Å²) >= 11 is 0. The zero-order valence-electron chi connectivity index (χ0n) is 12.1. The van der Waals surface area contributed by atoms with Gasteiger partial charge in [-0.25, -0.2) is 14.0 Å². The van der Waals surface area contributed by atoms with Gasteiger partial charge in [0.05, 0.1) is 11.1 Å². The van der Waals surface area contributed by atoms with Crippen LogP contribution in [-0.4, -0.2) is 14.6 Å². The van der Waals surface area contributed by atoms with E-state index in [4.69, 9.17) is 4.42 Å². The largest absolute Gasteiger partial charge is 0.423 e. The van der Waals surface area contributed by atoms with Crippen LogP contribution in [0.4, 0.5) is 4.39 Å². The lowest BCUT2D eigenvalue weighted by Crippen LogP contribution is -2.18. The van der Waals surface area contributed by atoms with Gasteiger partial charge in [-0.15, -0.1) is 0 Å². The summed E-state index contributed by atoms with van der Waals surface area (Å²) < 4.78 is 41.8. The third kappa shape index (κ3) is 3.49. The summed E-state index contributed by atoms with van der Waals surface area (Å²) in [6.07, 6.45) is 1.31. The van der Waals surface area contributed by atoms with Gasteiger partial charge >= 0.3 is 5.63 Å². The van der Waals surface area contributed by atoms with E-state index in [0.29, 0.717) is 16.5 Å². The molecule has 0 saturated carbocycles. The van der Waals surface area contributed by atoms with E-state index in [2.05, 4.69) is 5.10 Å². The Labute approximate surface area is 136 Å². The van der Waals surface area contributed by atoms with Gasteiger partial charge in [-0.1, -0.05) is 0 Å². The van der Waals surface area contributed by atoms with Crippen molar-refractivity contribution >= 4 is 27.2 Å². The topological polar surface area (TPSA) is 88.7 Å². The maximum Gasteiger partial charge on any atom is 0.336 e. The number of benzene rings is 2. The first-order valence-electron chi connectivity index (χ1n) is 6.78. The molecule has 24 heavy (non-hydrogen) atoms. The van der Waals surface area contributed by atoms with Gasteiger partial charge in [-0.3, -0.25) is 0 Å². The first-order chi connectivity index (χ1) is 11.4. The highest BCUT2D eigenvalue weighted by molar-refractivity contribution is 7.89. The third-order valence-electron chi connectivity index (χ3n) is 3.15. The molecule has 1 N–H and O–H groups in total. The van der Waals surface area contributed by atoms with Gasteiger partial charge in [-0.2, -0.15) is 13.5 Å². The molecule has 8 heteroatoms. The lowest BCUT2D eigenvalue weighted by Gasteiger charge is -2.03. The van der Waals surface area contributed by atoms with Crippen LogP contribution in [0.2, 0.25) is 0 Å². The molecule has 0 atom stereocenters. The number of hydrazone groups is 1. The molecule has 0 radical (unpaired) electrons. The number of rotatable bonds is 4. The summed E-state index contributed by atoms with van der Waals surface area (Å²) in [7, 11) is -3.87. The summed E-state index contributed by atoms with van der Waals surface area (Å²) in [4.78, 5) is 13.1. The zero-order chi connectivity index (χ0) is 17.2. The molecule has 2 aromatic carbocycles. The smallest absolute Gasteiger partial charge is 0.336 e. The van der Waals surface area contributed by atoms with E-state index in [1.807, 2.05) is 4.83 Å². The van der Waals surface area contributed by atoms with Gasteiger partial charge < -0.3 is 4.42 Å². The molecular formula is C16H11FN2O4S. The van der Waals surface area contributed by atoms with Crippen molar-refractivity contribution in [3.8, 4) is 0 Å². The summed E-state index contributed by atoms with van der Waals surface area (Å²) in [6.45, 7) is 0. The Morgan fingerprint density at radius 1 is 1.04 bits per heavy atom. The van der Waals surface area contributed by atoms with Crippen molar-refractivity contribution in [3.05, 3.63) is 76.4 Å². The van der Waals surface area contributed by atoms with Crippen LogP contribution in [0.15, 0.2) is 73.8 Å². The van der Waals surface area contributed by atoms with Crippen LogP contribution >= 0.6 is 0 Å². The van der Waals surface area contributed by atoms with Gasteiger partial charge in [0.2, 0.25) is 0 Å². The van der Waals surface area contributed by atoms with E-state index in [1.165, 1.54) is 12.3 Å². The highest BCUT2D eigenvalue weighted by Gasteiger charge is 2.12. The van der Waals surface area contributed by atoms with Crippen molar-refractivity contribution in [1.29, 1.82) is 0 Å².